The van der Waals surface area contributed by atoms with Gasteiger partial charge in [0, 0.05) is 24.0 Å². The molecule has 0 radical (unpaired) electrons. The molecule has 0 aromatic heterocycles. The Morgan fingerprint density at radius 1 is 1.41 bits per heavy atom. The molecule has 1 aromatic rings. The van der Waals surface area contributed by atoms with Crippen LogP contribution in [0, 0.1) is 0 Å². The summed E-state index contributed by atoms with van der Waals surface area (Å²) in [6.45, 7) is 4.17. The summed E-state index contributed by atoms with van der Waals surface area (Å²) in [6, 6.07) is 4.45. The predicted octanol–water partition coefficient (Wildman–Crippen LogP) is 3.04. The van der Waals surface area contributed by atoms with E-state index in [1.165, 1.54) is 6.07 Å². The van der Waals surface area contributed by atoms with Crippen molar-refractivity contribution in [2.75, 3.05) is 24.8 Å². The van der Waals surface area contributed by atoms with Crippen LogP contribution in [0.2, 0.25) is 0 Å². The second kappa shape index (κ2) is 5.31. The number of hydrogen-bond acceptors (Lipinski definition) is 3. The highest BCUT2D eigenvalue weighted by Gasteiger charge is 2.21. The van der Waals surface area contributed by atoms with Gasteiger partial charge in [-0.2, -0.15) is 0 Å². The highest BCUT2D eigenvalue weighted by molar-refractivity contribution is 5.59. The topological polar surface area (TPSA) is 47.3 Å². The van der Waals surface area contributed by atoms with Gasteiger partial charge in [-0.25, -0.2) is 8.78 Å². The van der Waals surface area contributed by atoms with E-state index < -0.39 is 12.0 Å². The van der Waals surface area contributed by atoms with Crippen molar-refractivity contribution < 1.29 is 13.5 Å². The number of alkyl halides is 2. The molecular weight excluding hydrogens is 226 g/mol. The smallest absolute Gasteiger partial charge is 0.265 e. The Kier molecular flexibility index (Phi) is 4.28. The van der Waals surface area contributed by atoms with Crippen molar-refractivity contribution in [3.8, 4) is 0 Å². The number of methoxy groups -OCH3 is 1. The maximum absolute atomic E-state index is 12.8. The van der Waals surface area contributed by atoms with E-state index in [1.54, 1.807) is 19.2 Å². The van der Waals surface area contributed by atoms with Crippen LogP contribution in [-0.2, 0) is 4.74 Å². The maximum atomic E-state index is 12.8. The summed E-state index contributed by atoms with van der Waals surface area (Å²) in [5, 5.41) is 3.04. The second-order valence-corrected chi connectivity index (χ2v) is 4.59. The molecule has 0 bridgehead atoms. The number of benzene rings is 1. The fourth-order valence-corrected chi connectivity index (χ4v) is 1.64. The standard InChI is InChI=1S/C12H18F2N2O/c1-12(2,7-17-3)16-10-5-4-8(15)6-9(10)11(13)14/h4-6,11,16H,7,15H2,1-3H3. The van der Waals surface area contributed by atoms with Crippen molar-refractivity contribution in [2.45, 2.75) is 25.8 Å². The lowest BCUT2D eigenvalue weighted by molar-refractivity contribution is 0.149. The van der Waals surface area contributed by atoms with E-state index >= 15 is 0 Å². The third-order valence-electron chi connectivity index (χ3n) is 2.29. The molecule has 1 rings (SSSR count). The molecule has 5 heteroatoms. The van der Waals surface area contributed by atoms with Crippen molar-refractivity contribution >= 4 is 11.4 Å². The molecule has 3 N–H and O–H groups in total. The highest BCUT2D eigenvalue weighted by Crippen LogP contribution is 2.30. The van der Waals surface area contributed by atoms with Gasteiger partial charge in [-0.3, -0.25) is 0 Å². The molecule has 17 heavy (non-hydrogen) atoms. The van der Waals surface area contributed by atoms with Crippen LogP contribution in [0.3, 0.4) is 0 Å². The summed E-state index contributed by atoms with van der Waals surface area (Å²) in [5.41, 5.74) is 5.71. The Bertz CT molecular complexity index is 381. The Hall–Kier alpha value is -1.36. The molecule has 0 aliphatic rings. The number of halogens is 2. The zero-order chi connectivity index (χ0) is 13.1. The third-order valence-corrected chi connectivity index (χ3v) is 2.29. The lowest BCUT2D eigenvalue weighted by Crippen LogP contribution is -2.36. The number of nitrogens with two attached hydrogens (primary N) is 1. The highest BCUT2D eigenvalue weighted by atomic mass is 19.3. The Morgan fingerprint density at radius 2 is 2.06 bits per heavy atom. The van der Waals surface area contributed by atoms with Crippen LogP contribution in [0.25, 0.3) is 0 Å². The number of rotatable bonds is 5. The molecular formula is C12H18F2N2O. The first-order valence-electron chi connectivity index (χ1n) is 5.30. The molecule has 0 spiro atoms. The summed E-state index contributed by atoms with van der Waals surface area (Å²) in [5.74, 6) is 0. The van der Waals surface area contributed by atoms with E-state index in [0.29, 0.717) is 18.0 Å². The first-order valence-corrected chi connectivity index (χ1v) is 5.30. The first-order chi connectivity index (χ1) is 7.85. The molecule has 0 amide bonds. The van der Waals surface area contributed by atoms with Crippen molar-refractivity contribution in [3.05, 3.63) is 23.8 Å². The van der Waals surface area contributed by atoms with Gasteiger partial charge >= 0.3 is 0 Å². The van der Waals surface area contributed by atoms with Gasteiger partial charge in [0.15, 0.2) is 0 Å². The Morgan fingerprint density at radius 3 is 2.59 bits per heavy atom. The summed E-state index contributed by atoms with van der Waals surface area (Å²) in [6.07, 6.45) is -2.56. The van der Waals surface area contributed by atoms with Crippen LogP contribution in [-0.4, -0.2) is 19.3 Å². The van der Waals surface area contributed by atoms with Crippen LogP contribution in [0.1, 0.15) is 25.8 Å². The number of hydrogen-bond donors (Lipinski definition) is 2. The Labute approximate surface area is 100.0 Å². The van der Waals surface area contributed by atoms with E-state index in [2.05, 4.69) is 5.32 Å². The van der Waals surface area contributed by atoms with Crippen LogP contribution < -0.4 is 11.1 Å². The fraction of sp³-hybridized carbons (Fsp3) is 0.500. The average Bonchev–Trinajstić information content (AvgIpc) is 2.20. The average molecular weight is 244 g/mol. The fourth-order valence-electron chi connectivity index (χ4n) is 1.64. The van der Waals surface area contributed by atoms with Gasteiger partial charge in [0.1, 0.15) is 0 Å². The number of nitrogens with one attached hydrogen (secondary N) is 1. The lowest BCUT2D eigenvalue weighted by Gasteiger charge is -2.28. The van der Waals surface area contributed by atoms with Gasteiger partial charge in [0.05, 0.1) is 12.1 Å². The molecule has 0 atom stereocenters. The van der Waals surface area contributed by atoms with E-state index in [9.17, 15) is 8.78 Å². The molecule has 0 saturated heterocycles. The summed E-state index contributed by atoms with van der Waals surface area (Å²) < 4.78 is 30.7. The van der Waals surface area contributed by atoms with Crippen molar-refractivity contribution in [1.82, 2.24) is 0 Å². The summed E-state index contributed by atoms with van der Waals surface area (Å²) in [4.78, 5) is 0. The zero-order valence-electron chi connectivity index (χ0n) is 10.3. The molecule has 0 aliphatic carbocycles. The maximum Gasteiger partial charge on any atom is 0.265 e. The minimum atomic E-state index is -2.56. The quantitative estimate of drug-likeness (QED) is 0.783. The minimum Gasteiger partial charge on any atom is -0.399 e. The Balaban J connectivity index is 2.98. The zero-order valence-corrected chi connectivity index (χ0v) is 10.3. The monoisotopic (exact) mass is 244 g/mol. The van der Waals surface area contributed by atoms with Crippen molar-refractivity contribution in [2.24, 2.45) is 0 Å². The number of anilines is 2. The third kappa shape index (κ3) is 3.85. The van der Waals surface area contributed by atoms with Gasteiger partial charge in [-0.15, -0.1) is 0 Å². The number of nitrogen functional groups attached to an aromatic ring is 1. The van der Waals surface area contributed by atoms with Gasteiger partial charge < -0.3 is 15.8 Å². The van der Waals surface area contributed by atoms with Crippen molar-refractivity contribution in [3.63, 3.8) is 0 Å². The van der Waals surface area contributed by atoms with E-state index in [4.69, 9.17) is 10.5 Å². The summed E-state index contributed by atoms with van der Waals surface area (Å²) in [7, 11) is 1.57. The van der Waals surface area contributed by atoms with Gasteiger partial charge in [-0.1, -0.05) is 0 Å². The molecule has 0 unspecified atom stereocenters. The predicted molar refractivity (Wildman–Crippen MR) is 65.4 cm³/mol. The second-order valence-electron chi connectivity index (χ2n) is 4.59. The molecule has 0 heterocycles. The minimum absolute atomic E-state index is 0.0887. The molecule has 1 aromatic carbocycles. The SMILES string of the molecule is COCC(C)(C)Nc1ccc(N)cc1C(F)F. The first kappa shape index (κ1) is 13.7. The van der Waals surface area contributed by atoms with Crippen LogP contribution in [0.5, 0.6) is 0 Å². The van der Waals surface area contributed by atoms with Crippen LogP contribution in [0.4, 0.5) is 20.2 Å². The molecule has 96 valence electrons. The largest absolute Gasteiger partial charge is 0.399 e. The van der Waals surface area contributed by atoms with E-state index in [-0.39, 0.29) is 5.56 Å². The normalized spacial score (nSPS) is 11.9. The number of ether oxygens (including phenoxy) is 1. The van der Waals surface area contributed by atoms with Gasteiger partial charge in [-0.05, 0) is 32.0 Å². The van der Waals surface area contributed by atoms with Gasteiger partial charge in [0.25, 0.3) is 6.43 Å². The van der Waals surface area contributed by atoms with E-state index in [0.717, 1.165) is 0 Å². The lowest BCUT2D eigenvalue weighted by atomic mass is 10.0. The van der Waals surface area contributed by atoms with E-state index in [1.807, 2.05) is 13.8 Å². The molecule has 0 aliphatic heterocycles. The molecule has 0 fully saturated rings. The molecule has 0 saturated carbocycles. The van der Waals surface area contributed by atoms with Crippen LogP contribution >= 0.6 is 0 Å². The van der Waals surface area contributed by atoms with Crippen LogP contribution in [0.15, 0.2) is 18.2 Å². The van der Waals surface area contributed by atoms with Gasteiger partial charge in [0.2, 0.25) is 0 Å². The van der Waals surface area contributed by atoms with Crippen molar-refractivity contribution in [1.29, 1.82) is 0 Å². The summed E-state index contributed by atoms with van der Waals surface area (Å²) >= 11 is 0. The molecule has 3 nitrogen and oxygen atoms in total.